The Kier molecular flexibility index (Phi) is 5.16. The predicted molar refractivity (Wildman–Crippen MR) is 94.6 cm³/mol. The molecule has 0 bridgehead atoms. The van der Waals surface area contributed by atoms with Crippen molar-refractivity contribution in [3.8, 4) is 0 Å². The average Bonchev–Trinajstić information content (AvgIpc) is 2.87. The molecular formula is C19H20FN3O3. The van der Waals surface area contributed by atoms with E-state index in [0.29, 0.717) is 38.3 Å². The van der Waals surface area contributed by atoms with Gasteiger partial charge in [0, 0.05) is 31.9 Å². The summed E-state index contributed by atoms with van der Waals surface area (Å²) in [5.74, 6) is -1.29. The van der Waals surface area contributed by atoms with Gasteiger partial charge in [0.2, 0.25) is 0 Å². The van der Waals surface area contributed by atoms with E-state index >= 15 is 0 Å². The van der Waals surface area contributed by atoms with Crippen molar-refractivity contribution >= 4 is 11.8 Å². The quantitative estimate of drug-likeness (QED) is 0.891. The molecule has 0 saturated carbocycles. The van der Waals surface area contributed by atoms with Crippen molar-refractivity contribution in [1.82, 2.24) is 14.8 Å². The summed E-state index contributed by atoms with van der Waals surface area (Å²) in [7, 11) is 0. The van der Waals surface area contributed by atoms with Crippen molar-refractivity contribution in [2.75, 3.05) is 26.2 Å². The SMILES string of the molecule is Cc1ccc(C(=O)N2CCCN(C(=O)c3ccccc3F)CC2)c(=O)[nH]1. The molecule has 1 aliphatic heterocycles. The van der Waals surface area contributed by atoms with E-state index < -0.39 is 11.4 Å². The first-order valence-electron chi connectivity index (χ1n) is 8.50. The lowest BCUT2D eigenvalue weighted by atomic mass is 10.2. The van der Waals surface area contributed by atoms with Crippen LogP contribution in [0, 0.1) is 12.7 Å². The number of pyridine rings is 1. The summed E-state index contributed by atoms with van der Waals surface area (Å²) in [5.41, 5.74) is 0.384. The maximum atomic E-state index is 13.8. The molecule has 1 aromatic heterocycles. The molecule has 2 aromatic rings. The van der Waals surface area contributed by atoms with Gasteiger partial charge in [-0.25, -0.2) is 4.39 Å². The first kappa shape index (κ1) is 17.8. The molecule has 1 aromatic carbocycles. The molecule has 0 spiro atoms. The van der Waals surface area contributed by atoms with E-state index in [1.807, 2.05) is 0 Å². The molecule has 1 N–H and O–H groups in total. The lowest BCUT2D eigenvalue weighted by Gasteiger charge is -2.22. The molecule has 0 aliphatic carbocycles. The van der Waals surface area contributed by atoms with Crippen LogP contribution in [0.2, 0.25) is 0 Å². The zero-order chi connectivity index (χ0) is 18.7. The molecule has 136 valence electrons. The van der Waals surface area contributed by atoms with Gasteiger partial charge in [-0.2, -0.15) is 0 Å². The number of aromatic amines is 1. The number of carbonyl (C=O) groups is 2. The van der Waals surface area contributed by atoms with E-state index in [0.717, 1.165) is 0 Å². The highest BCUT2D eigenvalue weighted by Crippen LogP contribution is 2.13. The fraction of sp³-hybridized carbons (Fsp3) is 0.316. The van der Waals surface area contributed by atoms with Crippen molar-refractivity contribution in [2.45, 2.75) is 13.3 Å². The van der Waals surface area contributed by atoms with E-state index in [4.69, 9.17) is 0 Å². The van der Waals surface area contributed by atoms with E-state index in [2.05, 4.69) is 4.98 Å². The van der Waals surface area contributed by atoms with Crippen molar-refractivity contribution < 1.29 is 14.0 Å². The number of carbonyl (C=O) groups excluding carboxylic acids is 2. The molecule has 1 saturated heterocycles. The molecule has 3 rings (SSSR count). The summed E-state index contributed by atoms with van der Waals surface area (Å²) < 4.78 is 13.8. The Hall–Kier alpha value is -2.96. The van der Waals surface area contributed by atoms with Gasteiger partial charge >= 0.3 is 0 Å². The molecule has 26 heavy (non-hydrogen) atoms. The van der Waals surface area contributed by atoms with Gasteiger partial charge < -0.3 is 14.8 Å². The number of amides is 2. The normalized spacial score (nSPS) is 14.8. The van der Waals surface area contributed by atoms with Crippen molar-refractivity contribution in [3.63, 3.8) is 0 Å². The van der Waals surface area contributed by atoms with Crippen LogP contribution in [0.5, 0.6) is 0 Å². The molecular weight excluding hydrogens is 337 g/mol. The smallest absolute Gasteiger partial charge is 0.260 e. The number of rotatable bonds is 2. The minimum absolute atomic E-state index is 0.0299. The highest BCUT2D eigenvalue weighted by molar-refractivity contribution is 5.95. The Balaban J connectivity index is 1.72. The van der Waals surface area contributed by atoms with Gasteiger partial charge in [-0.1, -0.05) is 12.1 Å². The monoisotopic (exact) mass is 357 g/mol. The van der Waals surface area contributed by atoms with Gasteiger partial charge in [0.1, 0.15) is 11.4 Å². The Morgan fingerprint density at radius 3 is 2.15 bits per heavy atom. The Morgan fingerprint density at radius 2 is 1.54 bits per heavy atom. The number of H-pyrrole nitrogens is 1. The number of benzene rings is 1. The predicted octanol–water partition coefficient (Wildman–Crippen LogP) is 1.81. The fourth-order valence-electron chi connectivity index (χ4n) is 3.04. The number of halogens is 1. The second-order valence-electron chi connectivity index (χ2n) is 6.30. The zero-order valence-electron chi connectivity index (χ0n) is 14.5. The number of aryl methyl sites for hydroxylation is 1. The van der Waals surface area contributed by atoms with Crippen LogP contribution in [-0.4, -0.2) is 52.8 Å². The van der Waals surface area contributed by atoms with E-state index in [1.165, 1.54) is 24.3 Å². The lowest BCUT2D eigenvalue weighted by Crippen LogP contribution is -2.39. The summed E-state index contributed by atoms with van der Waals surface area (Å²) in [5, 5.41) is 0. The second-order valence-corrected chi connectivity index (χ2v) is 6.30. The van der Waals surface area contributed by atoms with E-state index in [9.17, 15) is 18.8 Å². The average molecular weight is 357 g/mol. The first-order chi connectivity index (χ1) is 12.5. The Morgan fingerprint density at radius 1 is 0.923 bits per heavy atom. The van der Waals surface area contributed by atoms with Gasteiger partial charge in [0.25, 0.3) is 17.4 Å². The van der Waals surface area contributed by atoms with Crippen molar-refractivity contribution in [2.24, 2.45) is 0 Å². The lowest BCUT2D eigenvalue weighted by molar-refractivity contribution is 0.0715. The van der Waals surface area contributed by atoms with Crippen LogP contribution in [-0.2, 0) is 0 Å². The Bertz CT molecular complexity index is 894. The third-order valence-corrected chi connectivity index (χ3v) is 4.46. The van der Waals surface area contributed by atoms with Gasteiger partial charge in [-0.05, 0) is 37.6 Å². The van der Waals surface area contributed by atoms with E-state index in [-0.39, 0.29) is 22.9 Å². The zero-order valence-corrected chi connectivity index (χ0v) is 14.5. The molecule has 1 aliphatic rings. The number of nitrogens with zero attached hydrogens (tertiary/aromatic N) is 2. The third-order valence-electron chi connectivity index (χ3n) is 4.46. The summed E-state index contributed by atoms with van der Waals surface area (Å²) >= 11 is 0. The molecule has 7 heteroatoms. The van der Waals surface area contributed by atoms with Crippen LogP contribution in [0.15, 0.2) is 41.2 Å². The standard InChI is InChI=1S/C19H20FN3O3/c1-13-7-8-15(17(24)21-13)19(26)23-10-4-9-22(11-12-23)18(25)14-5-2-3-6-16(14)20/h2-3,5-8H,4,9-12H2,1H3,(H,21,24). The number of nitrogens with one attached hydrogen (secondary N) is 1. The minimum atomic E-state index is -0.555. The summed E-state index contributed by atoms with van der Waals surface area (Å²) in [6.07, 6.45) is 0.565. The maximum Gasteiger partial charge on any atom is 0.260 e. The molecule has 1 fully saturated rings. The van der Waals surface area contributed by atoms with Crippen molar-refractivity contribution in [1.29, 1.82) is 0 Å². The van der Waals surface area contributed by atoms with E-state index in [1.54, 1.807) is 28.9 Å². The van der Waals surface area contributed by atoms with Crippen LogP contribution in [0.1, 0.15) is 32.8 Å². The summed E-state index contributed by atoms with van der Waals surface area (Å²) in [4.78, 5) is 42.9. The molecule has 2 heterocycles. The number of aromatic nitrogens is 1. The summed E-state index contributed by atoms with van der Waals surface area (Å²) in [6.45, 7) is 3.21. The largest absolute Gasteiger partial charge is 0.337 e. The number of hydrogen-bond donors (Lipinski definition) is 1. The molecule has 0 radical (unpaired) electrons. The molecule has 6 nitrogen and oxygen atoms in total. The third kappa shape index (κ3) is 3.66. The highest BCUT2D eigenvalue weighted by Gasteiger charge is 2.25. The second kappa shape index (κ2) is 7.51. The van der Waals surface area contributed by atoms with Gasteiger partial charge in [0.15, 0.2) is 0 Å². The highest BCUT2D eigenvalue weighted by atomic mass is 19.1. The van der Waals surface area contributed by atoms with Crippen LogP contribution in [0.4, 0.5) is 4.39 Å². The fourth-order valence-corrected chi connectivity index (χ4v) is 3.04. The van der Waals surface area contributed by atoms with Crippen LogP contribution in [0.25, 0.3) is 0 Å². The van der Waals surface area contributed by atoms with Crippen LogP contribution in [0.3, 0.4) is 0 Å². The maximum absolute atomic E-state index is 13.8. The van der Waals surface area contributed by atoms with Crippen molar-refractivity contribution in [3.05, 3.63) is 69.4 Å². The summed E-state index contributed by atoms with van der Waals surface area (Å²) in [6, 6.07) is 9.06. The first-order valence-corrected chi connectivity index (χ1v) is 8.50. The number of hydrogen-bond acceptors (Lipinski definition) is 3. The molecule has 0 unspecified atom stereocenters. The minimum Gasteiger partial charge on any atom is -0.337 e. The van der Waals surface area contributed by atoms with Crippen LogP contribution >= 0.6 is 0 Å². The molecule has 2 amide bonds. The molecule has 0 atom stereocenters. The van der Waals surface area contributed by atoms with Gasteiger partial charge in [-0.3, -0.25) is 14.4 Å². The van der Waals surface area contributed by atoms with Crippen LogP contribution < -0.4 is 5.56 Å². The van der Waals surface area contributed by atoms with Gasteiger partial charge in [-0.15, -0.1) is 0 Å². The topological polar surface area (TPSA) is 73.5 Å². The Labute approximate surface area is 150 Å². The van der Waals surface area contributed by atoms with Gasteiger partial charge in [0.05, 0.1) is 5.56 Å².